The molecule has 1 atom stereocenters. The number of aromatic amines is 1. The summed E-state index contributed by atoms with van der Waals surface area (Å²) in [6.45, 7) is 13.5. The van der Waals surface area contributed by atoms with E-state index in [0.717, 1.165) is 37.0 Å². The average Bonchev–Trinajstić information content (AvgIpc) is 3.03. The van der Waals surface area contributed by atoms with Crippen LogP contribution in [0.5, 0.6) is 0 Å². The molecule has 0 saturated carbocycles. The molecule has 29 heavy (non-hydrogen) atoms. The minimum atomic E-state index is -0.441. The summed E-state index contributed by atoms with van der Waals surface area (Å²) in [5.41, 5.74) is 6.86. The lowest BCUT2D eigenvalue weighted by Gasteiger charge is -2.44. The van der Waals surface area contributed by atoms with Gasteiger partial charge in [0.1, 0.15) is 0 Å². The number of ketones is 1. The van der Waals surface area contributed by atoms with Gasteiger partial charge in [0.25, 0.3) is 0 Å². The maximum absolute atomic E-state index is 13.5. The third kappa shape index (κ3) is 3.29. The van der Waals surface area contributed by atoms with Crippen molar-refractivity contribution in [3.05, 3.63) is 64.0 Å². The molecular weight excluding hydrogens is 356 g/mol. The molecule has 2 aliphatic rings. The van der Waals surface area contributed by atoms with Crippen LogP contribution < -0.4 is 0 Å². The van der Waals surface area contributed by atoms with Gasteiger partial charge in [0.15, 0.2) is 5.78 Å². The number of rotatable bonds is 4. The molecule has 1 aromatic carbocycles. The number of benzene rings is 1. The molecular formula is C26H34N2O. The Morgan fingerprint density at radius 3 is 2.45 bits per heavy atom. The molecule has 2 aromatic rings. The zero-order chi connectivity index (χ0) is 21.0. The predicted octanol–water partition coefficient (Wildman–Crippen LogP) is 5.94. The lowest BCUT2D eigenvalue weighted by Crippen LogP contribution is -2.41. The van der Waals surface area contributed by atoms with Crippen LogP contribution >= 0.6 is 0 Å². The van der Waals surface area contributed by atoms with Gasteiger partial charge in [0.2, 0.25) is 0 Å². The average molecular weight is 391 g/mol. The summed E-state index contributed by atoms with van der Waals surface area (Å²) in [6, 6.07) is 10.6. The molecule has 0 saturated heterocycles. The number of Topliss-reactive ketones (excluding diaryl/α,β-unsaturated/α-hetero) is 1. The van der Waals surface area contributed by atoms with Crippen molar-refractivity contribution in [1.29, 1.82) is 0 Å². The highest BCUT2D eigenvalue weighted by atomic mass is 16.1. The van der Waals surface area contributed by atoms with Crippen LogP contribution in [0.2, 0.25) is 0 Å². The molecule has 1 heterocycles. The Bertz CT molecular complexity index is 977. The lowest BCUT2D eigenvalue weighted by atomic mass is 9.58. The maximum Gasteiger partial charge on any atom is 0.160 e. The molecule has 0 bridgehead atoms. The fourth-order valence-corrected chi connectivity index (χ4v) is 5.48. The first-order chi connectivity index (χ1) is 13.6. The van der Waals surface area contributed by atoms with Crippen LogP contribution in [0.1, 0.15) is 83.3 Å². The molecule has 1 unspecified atom stereocenters. The van der Waals surface area contributed by atoms with Gasteiger partial charge < -0.3 is 0 Å². The number of nitrogens with zero attached hydrogens (tertiary/aromatic N) is 1. The number of carbonyl (C=O) groups excluding carboxylic acids is 1. The standard InChI is InChI=1S/C26H34N2O/c1-7-24(2,3)15-20-23-19(27-28-20)13-17-14-25(4,5)16-21(29)22(17)26(23,6)18-11-9-8-10-12-18/h8-12H,7,13-16H2,1-6H3,(H,27,28). The molecule has 3 heteroatoms. The zero-order valence-electron chi connectivity index (χ0n) is 18.8. The summed E-state index contributed by atoms with van der Waals surface area (Å²) in [5, 5.41) is 8.19. The second kappa shape index (κ2) is 6.68. The summed E-state index contributed by atoms with van der Waals surface area (Å²) in [4.78, 5) is 13.5. The van der Waals surface area contributed by atoms with Gasteiger partial charge in [-0.2, -0.15) is 5.10 Å². The normalized spacial score (nSPS) is 23.7. The number of hydrogen-bond donors (Lipinski definition) is 1. The summed E-state index contributed by atoms with van der Waals surface area (Å²) < 4.78 is 0. The predicted molar refractivity (Wildman–Crippen MR) is 118 cm³/mol. The summed E-state index contributed by atoms with van der Waals surface area (Å²) >= 11 is 0. The third-order valence-corrected chi connectivity index (χ3v) is 7.22. The molecule has 0 amide bonds. The Labute approximate surface area is 175 Å². The molecule has 0 aliphatic heterocycles. The highest BCUT2D eigenvalue weighted by Gasteiger charge is 2.49. The Balaban J connectivity index is 1.96. The molecule has 2 aliphatic carbocycles. The van der Waals surface area contributed by atoms with Crippen molar-refractivity contribution in [1.82, 2.24) is 10.2 Å². The Morgan fingerprint density at radius 1 is 1.10 bits per heavy atom. The number of aromatic nitrogens is 2. The maximum atomic E-state index is 13.5. The van der Waals surface area contributed by atoms with E-state index in [-0.39, 0.29) is 10.8 Å². The van der Waals surface area contributed by atoms with E-state index >= 15 is 0 Å². The van der Waals surface area contributed by atoms with E-state index in [0.29, 0.717) is 12.2 Å². The number of fused-ring (bicyclic) bond motifs is 1. The topological polar surface area (TPSA) is 45.8 Å². The molecule has 0 radical (unpaired) electrons. The van der Waals surface area contributed by atoms with Crippen molar-refractivity contribution >= 4 is 5.78 Å². The fraction of sp³-hybridized carbons (Fsp3) is 0.538. The van der Waals surface area contributed by atoms with Gasteiger partial charge in [-0.3, -0.25) is 9.89 Å². The summed E-state index contributed by atoms with van der Waals surface area (Å²) in [6.07, 6.45) is 4.43. The highest BCUT2D eigenvalue weighted by molar-refractivity contribution is 6.01. The minimum Gasteiger partial charge on any atom is -0.294 e. The number of nitrogens with one attached hydrogen (secondary N) is 1. The number of carbonyl (C=O) groups is 1. The second-order valence-electron chi connectivity index (χ2n) is 10.8. The van der Waals surface area contributed by atoms with Crippen LogP contribution in [0.4, 0.5) is 0 Å². The van der Waals surface area contributed by atoms with E-state index in [2.05, 4.69) is 70.9 Å². The van der Waals surface area contributed by atoms with Crippen molar-refractivity contribution in [2.24, 2.45) is 10.8 Å². The van der Waals surface area contributed by atoms with Gasteiger partial charge in [0, 0.05) is 35.1 Å². The first-order valence-corrected chi connectivity index (χ1v) is 11.0. The molecule has 1 N–H and O–H groups in total. The zero-order valence-corrected chi connectivity index (χ0v) is 18.8. The Kier molecular flexibility index (Phi) is 4.64. The molecule has 154 valence electrons. The van der Waals surface area contributed by atoms with Crippen molar-refractivity contribution < 1.29 is 4.79 Å². The second-order valence-corrected chi connectivity index (χ2v) is 10.8. The molecule has 0 spiro atoms. The molecule has 3 nitrogen and oxygen atoms in total. The molecule has 4 rings (SSSR count). The number of H-pyrrole nitrogens is 1. The monoisotopic (exact) mass is 390 g/mol. The first-order valence-electron chi connectivity index (χ1n) is 11.0. The van der Waals surface area contributed by atoms with E-state index in [1.54, 1.807) is 0 Å². The van der Waals surface area contributed by atoms with Crippen molar-refractivity contribution in [3.63, 3.8) is 0 Å². The number of allylic oxidation sites excluding steroid dienone is 2. The Morgan fingerprint density at radius 2 is 1.79 bits per heavy atom. The SMILES string of the molecule is CCC(C)(C)Cc1n[nH]c2c1C(C)(c1ccccc1)C1=C(C2)CC(C)(C)CC1=O. The number of hydrogen-bond acceptors (Lipinski definition) is 2. The van der Waals surface area contributed by atoms with Gasteiger partial charge >= 0.3 is 0 Å². The van der Waals surface area contributed by atoms with Crippen LogP contribution in [0.3, 0.4) is 0 Å². The third-order valence-electron chi connectivity index (χ3n) is 7.22. The van der Waals surface area contributed by atoms with E-state index in [4.69, 9.17) is 5.10 Å². The van der Waals surface area contributed by atoms with Crippen LogP contribution in [0, 0.1) is 10.8 Å². The Hall–Kier alpha value is -2.16. The lowest BCUT2D eigenvalue weighted by molar-refractivity contribution is -0.118. The summed E-state index contributed by atoms with van der Waals surface area (Å²) in [7, 11) is 0. The summed E-state index contributed by atoms with van der Waals surface area (Å²) in [5.74, 6) is 0.315. The van der Waals surface area contributed by atoms with Crippen molar-refractivity contribution in [2.75, 3.05) is 0 Å². The van der Waals surface area contributed by atoms with Crippen LogP contribution in [0.15, 0.2) is 41.5 Å². The van der Waals surface area contributed by atoms with E-state index in [9.17, 15) is 4.79 Å². The quantitative estimate of drug-likeness (QED) is 0.702. The van der Waals surface area contributed by atoms with Gasteiger partial charge in [-0.15, -0.1) is 0 Å². The van der Waals surface area contributed by atoms with Crippen LogP contribution in [0.25, 0.3) is 0 Å². The van der Waals surface area contributed by atoms with Crippen LogP contribution in [-0.4, -0.2) is 16.0 Å². The molecule has 1 aromatic heterocycles. The van der Waals surface area contributed by atoms with Gasteiger partial charge in [-0.1, -0.05) is 76.9 Å². The molecule has 0 fully saturated rings. The van der Waals surface area contributed by atoms with E-state index < -0.39 is 5.41 Å². The fourth-order valence-electron chi connectivity index (χ4n) is 5.48. The van der Waals surface area contributed by atoms with Gasteiger partial charge in [0.05, 0.1) is 5.69 Å². The van der Waals surface area contributed by atoms with E-state index in [1.165, 1.54) is 22.4 Å². The highest BCUT2D eigenvalue weighted by Crippen LogP contribution is 2.53. The first kappa shape index (κ1) is 20.1. The van der Waals surface area contributed by atoms with E-state index in [1.807, 2.05) is 6.07 Å². The smallest absolute Gasteiger partial charge is 0.160 e. The van der Waals surface area contributed by atoms with Crippen molar-refractivity contribution in [3.8, 4) is 0 Å². The van der Waals surface area contributed by atoms with Gasteiger partial charge in [-0.05, 0) is 36.2 Å². The largest absolute Gasteiger partial charge is 0.294 e. The minimum absolute atomic E-state index is 0.0259. The van der Waals surface area contributed by atoms with Crippen LogP contribution in [-0.2, 0) is 23.1 Å². The van der Waals surface area contributed by atoms with Gasteiger partial charge in [-0.25, -0.2) is 0 Å². The van der Waals surface area contributed by atoms with Crippen molar-refractivity contribution in [2.45, 2.75) is 79.1 Å².